The topological polar surface area (TPSA) is 70.6 Å². The van der Waals surface area contributed by atoms with Crippen molar-refractivity contribution in [1.82, 2.24) is 10.6 Å². The Labute approximate surface area is 133 Å². The largest absolute Gasteiger partial charge is 0.396 e. The van der Waals surface area contributed by atoms with E-state index in [-0.39, 0.29) is 36.7 Å². The second-order valence-electron chi connectivity index (χ2n) is 6.49. The van der Waals surface area contributed by atoms with Crippen molar-refractivity contribution < 1.29 is 14.6 Å². The van der Waals surface area contributed by atoms with Crippen molar-refractivity contribution in [2.24, 2.45) is 11.8 Å². The summed E-state index contributed by atoms with van der Waals surface area (Å²) in [7, 11) is 0. The van der Waals surface area contributed by atoms with Gasteiger partial charge in [-0.15, -0.1) is 0 Å². The fourth-order valence-corrected chi connectivity index (χ4v) is 3.51. The number of urea groups is 1. The SMILES string of the molecule is CCC(CC)[C@H]1C[C@@H](NC(=O)N[C@@H]2C=C[C@H](CO)C2)CCO1. The predicted octanol–water partition coefficient (Wildman–Crippen LogP) is 2.21. The highest BCUT2D eigenvalue weighted by molar-refractivity contribution is 5.74. The summed E-state index contributed by atoms with van der Waals surface area (Å²) in [4.78, 5) is 12.1. The molecule has 0 unspecified atom stereocenters. The van der Waals surface area contributed by atoms with Crippen molar-refractivity contribution in [3.63, 3.8) is 0 Å². The van der Waals surface area contributed by atoms with Gasteiger partial charge in [0.1, 0.15) is 0 Å². The minimum absolute atomic E-state index is 0.0341. The van der Waals surface area contributed by atoms with Gasteiger partial charge in [-0.05, 0) is 25.2 Å². The molecule has 0 spiro atoms. The Balaban J connectivity index is 1.75. The van der Waals surface area contributed by atoms with E-state index in [4.69, 9.17) is 9.84 Å². The van der Waals surface area contributed by atoms with E-state index in [1.165, 1.54) is 0 Å². The van der Waals surface area contributed by atoms with Gasteiger partial charge in [0.25, 0.3) is 0 Å². The molecule has 0 radical (unpaired) electrons. The average Bonchev–Trinajstić information content (AvgIpc) is 2.96. The minimum Gasteiger partial charge on any atom is -0.396 e. The number of rotatable bonds is 6. The minimum atomic E-state index is -0.108. The van der Waals surface area contributed by atoms with Gasteiger partial charge in [0.2, 0.25) is 0 Å². The van der Waals surface area contributed by atoms with Crippen LogP contribution in [0.2, 0.25) is 0 Å². The molecule has 2 rings (SSSR count). The van der Waals surface area contributed by atoms with Crippen LogP contribution >= 0.6 is 0 Å². The average molecular weight is 310 g/mol. The summed E-state index contributed by atoms with van der Waals surface area (Å²) in [6, 6.07) is 0.119. The maximum Gasteiger partial charge on any atom is 0.315 e. The van der Waals surface area contributed by atoms with Gasteiger partial charge in [-0.2, -0.15) is 0 Å². The molecular weight excluding hydrogens is 280 g/mol. The zero-order chi connectivity index (χ0) is 15.9. The molecule has 1 aliphatic carbocycles. The first-order chi connectivity index (χ1) is 10.7. The highest BCUT2D eigenvalue weighted by Crippen LogP contribution is 2.25. The first-order valence-electron chi connectivity index (χ1n) is 8.64. The summed E-state index contributed by atoms with van der Waals surface area (Å²) < 4.78 is 5.89. The molecule has 1 aliphatic heterocycles. The number of hydrogen-bond donors (Lipinski definition) is 3. The summed E-state index contributed by atoms with van der Waals surface area (Å²) in [5.41, 5.74) is 0. The summed E-state index contributed by atoms with van der Waals surface area (Å²) in [6.07, 6.45) is 9.02. The molecule has 1 heterocycles. The summed E-state index contributed by atoms with van der Waals surface area (Å²) in [6.45, 7) is 5.27. The summed E-state index contributed by atoms with van der Waals surface area (Å²) >= 11 is 0. The number of carbonyl (C=O) groups is 1. The quantitative estimate of drug-likeness (QED) is 0.659. The molecule has 3 N–H and O–H groups in total. The van der Waals surface area contributed by atoms with Crippen LogP contribution in [0.4, 0.5) is 4.79 Å². The van der Waals surface area contributed by atoms with Crippen molar-refractivity contribution in [2.75, 3.05) is 13.2 Å². The molecule has 0 aromatic rings. The van der Waals surface area contributed by atoms with Gasteiger partial charge in [0.05, 0.1) is 6.10 Å². The van der Waals surface area contributed by atoms with Crippen LogP contribution in [0, 0.1) is 11.8 Å². The van der Waals surface area contributed by atoms with Crippen LogP contribution in [0.3, 0.4) is 0 Å². The van der Waals surface area contributed by atoms with Gasteiger partial charge in [-0.25, -0.2) is 4.79 Å². The molecule has 0 saturated carbocycles. The van der Waals surface area contributed by atoms with Crippen LogP contribution in [0.15, 0.2) is 12.2 Å². The molecule has 4 atom stereocenters. The monoisotopic (exact) mass is 310 g/mol. The van der Waals surface area contributed by atoms with Crippen molar-refractivity contribution in [1.29, 1.82) is 0 Å². The van der Waals surface area contributed by atoms with Crippen molar-refractivity contribution in [2.45, 2.75) is 64.1 Å². The second kappa shape index (κ2) is 8.53. The van der Waals surface area contributed by atoms with Crippen LogP contribution in [-0.2, 0) is 4.74 Å². The number of carbonyl (C=O) groups excluding carboxylic acids is 1. The van der Waals surface area contributed by atoms with E-state index in [1.807, 2.05) is 12.2 Å². The van der Waals surface area contributed by atoms with Crippen LogP contribution < -0.4 is 10.6 Å². The maximum atomic E-state index is 12.1. The lowest BCUT2D eigenvalue weighted by Crippen LogP contribution is -2.49. The second-order valence-corrected chi connectivity index (χ2v) is 6.49. The van der Waals surface area contributed by atoms with Gasteiger partial charge >= 0.3 is 6.03 Å². The Hall–Kier alpha value is -1.07. The molecule has 5 heteroatoms. The number of aliphatic hydroxyl groups excluding tert-OH is 1. The third-order valence-electron chi connectivity index (χ3n) is 4.95. The molecule has 126 valence electrons. The molecule has 1 saturated heterocycles. The van der Waals surface area contributed by atoms with Crippen LogP contribution in [-0.4, -0.2) is 42.5 Å². The van der Waals surface area contributed by atoms with Crippen LogP contribution in [0.1, 0.15) is 46.0 Å². The third kappa shape index (κ3) is 4.71. The molecule has 0 bridgehead atoms. The van der Waals surface area contributed by atoms with Crippen molar-refractivity contribution >= 4 is 6.03 Å². The van der Waals surface area contributed by atoms with E-state index in [0.29, 0.717) is 5.92 Å². The smallest absolute Gasteiger partial charge is 0.315 e. The summed E-state index contributed by atoms with van der Waals surface area (Å²) in [5.74, 6) is 0.753. The maximum absolute atomic E-state index is 12.1. The standard InChI is InChI=1S/C17H30N2O3/c1-3-13(4-2)16-10-15(7-8-22-16)19-17(21)18-14-6-5-12(9-14)11-20/h5-6,12-16,20H,3-4,7-11H2,1-2H3,(H2,18,19,21)/t12-,14+,15-,16+/m0/s1. The Kier molecular flexibility index (Phi) is 6.70. The van der Waals surface area contributed by atoms with E-state index >= 15 is 0 Å². The van der Waals surface area contributed by atoms with E-state index in [9.17, 15) is 4.79 Å². The van der Waals surface area contributed by atoms with E-state index in [0.717, 1.165) is 38.7 Å². The van der Waals surface area contributed by atoms with Crippen LogP contribution in [0.25, 0.3) is 0 Å². The lowest BCUT2D eigenvalue weighted by atomic mass is 9.89. The first-order valence-corrected chi connectivity index (χ1v) is 8.64. The molecule has 1 fully saturated rings. The molecule has 0 aromatic heterocycles. The van der Waals surface area contributed by atoms with Gasteiger partial charge in [0, 0.05) is 31.2 Å². The normalized spacial score (nSPS) is 31.5. The predicted molar refractivity (Wildman–Crippen MR) is 86.6 cm³/mol. The number of aliphatic hydroxyl groups is 1. The fraction of sp³-hybridized carbons (Fsp3) is 0.824. The van der Waals surface area contributed by atoms with Crippen molar-refractivity contribution in [3.8, 4) is 0 Å². The van der Waals surface area contributed by atoms with Gasteiger partial charge in [-0.1, -0.05) is 38.8 Å². The lowest BCUT2D eigenvalue weighted by molar-refractivity contribution is -0.0331. The zero-order valence-corrected chi connectivity index (χ0v) is 13.8. The molecule has 2 aliphatic rings. The van der Waals surface area contributed by atoms with Gasteiger partial charge in [-0.3, -0.25) is 0 Å². The highest BCUT2D eigenvalue weighted by atomic mass is 16.5. The van der Waals surface area contributed by atoms with Crippen molar-refractivity contribution in [3.05, 3.63) is 12.2 Å². The van der Waals surface area contributed by atoms with Crippen LogP contribution in [0.5, 0.6) is 0 Å². The van der Waals surface area contributed by atoms with E-state index in [1.54, 1.807) is 0 Å². The Morgan fingerprint density at radius 3 is 2.68 bits per heavy atom. The number of hydrogen-bond acceptors (Lipinski definition) is 3. The fourth-order valence-electron chi connectivity index (χ4n) is 3.51. The third-order valence-corrected chi connectivity index (χ3v) is 4.95. The zero-order valence-electron chi connectivity index (χ0n) is 13.8. The molecule has 0 aromatic carbocycles. The highest BCUT2D eigenvalue weighted by Gasteiger charge is 2.29. The Bertz CT molecular complexity index is 382. The first kappa shape index (κ1) is 17.3. The van der Waals surface area contributed by atoms with E-state index in [2.05, 4.69) is 24.5 Å². The molecule has 5 nitrogen and oxygen atoms in total. The van der Waals surface area contributed by atoms with E-state index < -0.39 is 0 Å². The lowest BCUT2D eigenvalue weighted by Gasteiger charge is -2.34. The summed E-state index contributed by atoms with van der Waals surface area (Å²) in [5, 5.41) is 15.2. The Morgan fingerprint density at radius 1 is 1.27 bits per heavy atom. The number of amides is 2. The van der Waals surface area contributed by atoms with Gasteiger partial charge < -0.3 is 20.5 Å². The molecule has 2 amide bonds. The van der Waals surface area contributed by atoms with Gasteiger partial charge in [0.15, 0.2) is 0 Å². The molecular formula is C17H30N2O3. The molecule has 22 heavy (non-hydrogen) atoms. The Morgan fingerprint density at radius 2 is 2.05 bits per heavy atom. The number of nitrogens with one attached hydrogen (secondary N) is 2. The number of ether oxygens (including phenoxy) is 1.